The largest absolute Gasteiger partial charge is 0.327 e. The highest BCUT2D eigenvalue weighted by atomic mass is 35.5. The Morgan fingerprint density at radius 3 is 2.80 bits per heavy atom. The van der Waals surface area contributed by atoms with Crippen molar-refractivity contribution in [3.63, 3.8) is 0 Å². The summed E-state index contributed by atoms with van der Waals surface area (Å²) in [5.74, 6) is 2.18. The first kappa shape index (κ1) is 15.6. The molecule has 0 aliphatic heterocycles. The average molecular weight is 315 g/mol. The summed E-state index contributed by atoms with van der Waals surface area (Å²) in [6.07, 6.45) is 7.01. The summed E-state index contributed by atoms with van der Waals surface area (Å²) in [5.41, 5.74) is 1.68. The van der Waals surface area contributed by atoms with Crippen molar-refractivity contribution in [3.05, 3.63) is 29.8 Å². The lowest BCUT2D eigenvalue weighted by molar-refractivity contribution is 0.582. The zero-order chi connectivity index (χ0) is 14.4. The lowest BCUT2D eigenvalue weighted by Gasteiger charge is -2.07. The Bertz CT molecular complexity index is 556. The fraction of sp³-hybridized carbons (Fsp3) is 0.533. The number of aromatic nitrogens is 2. The predicted molar refractivity (Wildman–Crippen MR) is 86.1 cm³/mol. The smallest absolute Gasteiger partial charge is 0.125 e. The Hall–Kier alpha value is -0.740. The fourth-order valence-corrected chi connectivity index (χ4v) is 3.07. The molecule has 1 heterocycles. The van der Waals surface area contributed by atoms with Crippen LogP contribution >= 0.6 is 23.4 Å². The van der Waals surface area contributed by atoms with Crippen LogP contribution in [0.2, 0.25) is 0 Å². The van der Waals surface area contributed by atoms with E-state index in [0.29, 0.717) is 11.4 Å². The second-order valence-corrected chi connectivity index (χ2v) is 6.11. The number of thioether (sulfide) groups is 1. The molecule has 5 heteroatoms. The van der Waals surface area contributed by atoms with Crippen molar-refractivity contribution in [3.8, 4) is 0 Å². The number of alkyl halides is 1. The number of hydrogen-bond donors (Lipinski definition) is 0. The van der Waals surface area contributed by atoms with Gasteiger partial charge in [-0.2, -0.15) is 11.8 Å². The summed E-state index contributed by atoms with van der Waals surface area (Å²) in [7, 11) is 0. The Morgan fingerprint density at radius 2 is 2.05 bits per heavy atom. The van der Waals surface area contributed by atoms with Gasteiger partial charge in [-0.1, -0.05) is 12.8 Å². The van der Waals surface area contributed by atoms with Crippen LogP contribution in [0.1, 0.15) is 31.5 Å². The van der Waals surface area contributed by atoms with Crippen molar-refractivity contribution in [2.24, 2.45) is 0 Å². The molecular formula is C15H20ClFN2S. The zero-order valence-corrected chi connectivity index (χ0v) is 13.3. The van der Waals surface area contributed by atoms with Crippen LogP contribution in [0.25, 0.3) is 11.0 Å². The number of hydrogen-bond acceptors (Lipinski definition) is 2. The molecule has 0 bridgehead atoms. The van der Waals surface area contributed by atoms with Crippen LogP contribution in [0.15, 0.2) is 18.2 Å². The first-order valence-corrected chi connectivity index (χ1v) is 8.88. The summed E-state index contributed by atoms with van der Waals surface area (Å²) < 4.78 is 15.3. The lowest BCUT2D eigenvalue weighted by atomic mass is 10.2. The maximum absolute atomic E-state index is 13.2. The fourth-order valence-electron chi connectivity index (χ4n) is 2.37. The van der Waals surface area contributed by atoms with Gasteiger partial charge in [0.05, 0.1) is 16.9 Å². The Labute approximate surface area is 128 Å². The van der Waals surface area contributed by atoms with E-state index in [0.717, 1.165) is 24.3 Å². The molecule has 0 aliphatic rings. The highest BCUT2D eigenvalue weighted by Gasteiger charge is 2.10. The summed E-state index contributed by atoms with van der Waals surface area (Å²) in [4.78, 5) is 4.41. The Kier molecular flexibility index (Phi) is 6.17. The molecule has 1 aromatic heterocycles. The molecule has 110 valence electrons. The number of nitrogens with zero attached hydrogens (tertiary/aromatic N) is 2. The molecular weight excluding hydrogens is 295 g/mol. The van der Waals surface area contributed by atoms with E-state index in [1.165, 1.54) is 37.1 Å². The van der Waals surface area contributed by atoms with Crippen molar-refractivity contribution in [2.45, 2.75) is 38.1 Å². The van der Waals surface area contributed by atoms with E-state index in [9.17, 15) is 4.39 Å². The standard InChI is InChI=1S/C15H20ClFN2S/c1-20-9-5-3-2-4-8-19-14-7-6-12(17)10-13(14)18-15(19)11-16/h6-7,10H,2-5,8-9,11H2,1H3. The number of imidazole rings is 1. The van der Waals surface area contributed by atoms with Crippen LogP contribution in [0, 0.1) is 5.82 Å². The number of halogens is 2. The van der Waals surface area contributed by atoms with Crippen molar-refractivity contribution >= 4 is 34.4 Å². The van der Waals surface area contributed by atoms with E-state index in [1.807, 2.05) is 11.8 Å². The molecule has 2 aromatic rings. The summed E-state index contributed by atoms with van der Waals surface area (Å²) >= 11 is 7.84. The molecule has 0 saturated carbocycles. The average Bonchev–Trinajstić information content (AvgIpc) is 2.79. The number of rotatable bonds is 8. The Morgan fingerprint density at radius 1 is 1.25 bits per heavy atom. The molecule has 0 saturated heterocycles. The van der Waals surface area contributed by atoms with Gasteiger partial charge in [0, 0.05) is 12.6 Å². The monoisotopic (exact) mass is 314 g/mol. The highest BCUT2D eigenvalue weighted by molar-refractivity contribution is 7.98. The first-order valence-electron chi connectivity index (χ1n) is 6.96. The highest BCUT2D eigenvalue weighted by Crippen LogP contribution is 2.20. The lowest BCUT2D eigenvalue weighted by Crippen LogP contribution is -2.02. The van der Waals surface area contributed by atoms with E-state index >= 15 is 0 Å². The van der Waals surface area contributed by atoms with Gasteiger partial charge < -0.3 is 4.57 Å². The molecule has 0 aliphatic carbocycles. The van der Waals surface area contributed by atoms with Gasteiger partial charge in [-0.3, -0.25) is 0 Å². The van der Waals surface area contributed by atoms with E-state index in [-0.39, 0.29) is 5.82 Å². The van der Waals surface area contributed by atoms with E-state index in [2.05, 4.69) is 15.8 Å². The minimum Gasteiger partial charge on any atom is -0.327 e. The minimum atomic E-state index is -0.250. The molecule has 0 N–H and O–H groups in total. The zero-order valence-electron chi connectivity index (χ0n) is 11.7. The second kappa shape index (κ2) is 7.89. The van der Waals surface area contributed by atoms with Crippen molar-refractivity contribution in [1.82, 2.24) is 9.55 Å². The van der Waals surface area contributed by atoms with Crippen molar-refractivity contribution < 1.29 is 4.39 Å². The third-order valence-electron chi connectivity index (χ3n) is 3.39. The van der Waals surface area contributed by atoms with Gasteiger partial charge in [-0.25, -0.2) is 9.37 Å². The van der Waals surface area contributed by atoms with Crippen LogP contribution in [-0.4, -0.2) is 21.6 Å². The van der Waals surface area contributed by atoms with E-state index < -0.39 is 0 Å². The number of benzene rings is 1. The minimum absolute atomic E-state index is 0.250. The van der Waals surface area contributed by atoms with Crippen LogP contribution < -0.4 is 0 Å². The van der Waals surface area contributed by atoms with Gasteiger partial charge in [0.15, 0.2) is 0 Å². The van der Waals surface area contributed by atoms with Crippen LogP contribution in [0.5, 0.6) is 0 Å². The third kappa shape index (κ3) is 3.89. The summed E-state index contributed by atoms with van der Waals surface area (Å²) in [5, 5.41) is 0. The molecule has 0 atom stereocenters. The van der Waals surface area contributed by atoms with Crippen LogP contribution in [0.4, 0.5) is 4.39 Å². The van der Waals surface area contributed by atoms with Crippen LogP contribution in [-0.2, 0) is 12.4 Å². The summed E-state index contributed by atoms with van der Waals surface area (Å²) in [6.45, 7) is 0.906. The number of aryl methyl sites for hydroxylation is 1. The van der Waals surface area contributed by atoms with Gasteiger partial charge in [0.25, 0.3) is 0 Å². The maximum atomic E-state index is 13.2. The van der Waals surface area contributed by atoms with Crippen LogP contribution in [0.3, 0.4) is 0 Å². The summed E-state index contributed by atoms with van der Waals surface area (Å²) in [6, 6.07) is 4.75. The molecule has 0 unspecified atom stereocenters. The molecule has 1 aromatic carbocycles. The predicted octanol–water partition coefficient (Wildman–Crippen LogP) is 4.84. The first-order chi connectivity index (χ1) is 9.76. The third-order valence-corrected chi connectivity index (χ3v) is 4.33. The number of fused-ring (bicyclic) bond motifs is 1. The van der Waals surface area contributed by atoms with Gasteiger partial charge >= 0.3 is 0 Å². The van der Waals surface area contributed by atoms with Crippen molar-refractivity contribution in [2.75, 3.05) is 12.0 Å². The molecule has 0 radical (unpaired) electrons. The molecule has 0 amide bonds. The SMILES string of the molecule is CSCCCCCCn1c(CCl)nc2cc(F)ccc21. The number of unbranched alkanes of at least 4 members (excludes halogenated alkanes) is 3. The molecule has 0 fully saturated rings. The van der Waals surface area contributed by atoms with Gasteiger partial charge in [-0.15, -0.1) is 11.6 Å². The maximum Gasteiger partial charge on any atom is 0.125 e. The normalized spacial score (nSPS) is 11.3. The van der Waals surface area contributed by atoms with Gasteiger partial charge in [-0.05, 0) is 37.0 Å². The topological polar surface area (TPSA) is 17.8 Å². The van der Waals surface area contributed by atoms with Gasteiger partial charge in [0.1, 0.15) is 11.6 Å². The molecule has 2 rings (SSSR count). The van der Waals surface area contributed by atoms with E-state index in [4.69, 9.17) is 11.6 Å². The molecule has 0 spiro atoms. The van der Waals surface area contributed by atoms with E-state index in [1.54, 1.807) is 6.07 Å². The second-order valence-electron chi connectivity index (χ2n) is 4.85. The van der Waals surface area contributed by atoms with Gasteiger partial charge in [0.2, 0.25) is 0 Å². The quantitative estimate of drug-likeness (QED) is 0.512. The molecule has 20 heavy (non-hydrogen) atoms. The van der Waals surface area contributed by atoms with Crippen molar-refractivity contribution in [1.29, 1.82) is 0 Å². The Balaban J connectivity index is 2.01. The molecule has 2 nitrogen and oxygen atoms in total.